The van der Waals surface area contributed by atoms with Crippen molar-refractivity contribution in [2.24, 2.45) is 0 Å². The van der Waals surface area contributed by atoms with Crippen LogP contribution in [0.5, 0.6) is 0 Å². The molecule has 0 saturated carbocycles. The fourth-order valence-corrected chi connectivity index (χ4v) is 0. The first-order chi connectivity index (χ1) is 0. The number of hydrogen-bond acceptors (Lipinski definition) is 0. The van der Waals surface area contributed by atoms with Gasteiger partial charge in [-0.3, -0.25) is 0 Å². The van der Waals surface area contributed by atoms with Crippen LogP contribution in [0.2, 0.25) is 0 Å². The van der Waals surface area contributed by atoms with Gasteiger partial charge in [-0.05, 0) is 0 Å². The van der Waals surface area contributed by atoms with Crippen LogP contribution in [0.15, 0.2) is 0 Å². The molecule has 0 rings (SSSR count). The van der Waals surface area contributed by atoms with Crippen LogP contribution >= 0.6 is 0 Å². The van der Waals surface area contributed by atoms with Crippen molar-refractivity contribution in [3.63, 3.8) is 0 Å². The third-order valence-corrected chi connectivity index (χ3v) is 0. The van der Waals surface area contributed by atoms with Gasteiger partial charge in [-0.15, -0.1) is 0 Å². The SMILES string of the molecule is [CH3-].[K+].[K+].[K+].[K+].[K+].[K+].[K+]. The van der Waals surface area contributed by atoms with Crippen LogP contribution in [0.1, 0.15) is 0 Å². The van der Waals surface area contributed by atoms with Crippen LogP contribution in [0.25, 0.3) is 0 Å². The Balaban J connectivity index is 0. The first-order valence-corrected chi connectivity index (χ1v) is 0. The van der Waals surface area contributed by atoms with E-state index in [1.807, 2.05) is 0 Å². The van der Waals surface area contributed by atoms with E-state index < -0.39 is 0 Å². The maximum atomic E-state index is 0. The predicted molar refractivity (Wildman–Crippen MR) is 6.41 cm³/mol. The average Bonchev–Trinajstić information content (AvgIpc) is 0. The first-order valence-electron chi connectivity index (χ1n) is 0. The van der Waals surface area contributed by atoms with E-state index in [4.69, 9.17) is 0 Å². The summed E-state index contributed by atoms with van der Waals surface area (Å²) in [6.45, 7) is 0. The van der Waals surface area contributed by atoms with Gasteiger partial charge in [0.1, 0.15) is 0 Å². The Hall–Kier alpha value is 11.5. The molecule has 0 heterocycles. The summed E-state index contributed by atoms with van der Waals surface area (Å²) in [7, 11) is 0. The summed E-state index contributed by atoms with van der Waals surface area (Å²) < 4.78 is 0. The molecule has 0 atom stereocenters. The van der Waals surface area contributed by atoms with Crippen molar-refractivity contribution in [3.05, 3.63) is 7.43 Å². The molecule has 0 aliphatic heterocycles. The zero-order chi connectivity index (χ0) is 0. The molecule has 0 nitrogen and oxygen atoms in total. The summed E-state index contributed by atoms with van der Waals surface area (Å²) in [5.74, 6) is 0. The largest absolute Gasteiger partial charge is 1.00 e. The van der Waals surface area contributed by atoms with E-state index in [2.05, 4.69) is 0 Å². The third kappa shape index (κ3) is 36.0. The summed E-state index contributed by atoms with van der Waals surface area (Å²) >= 11 is 0. The standard InChI is InChI=1S/CH3.7K/h1H3;;;;;;;/q-1;7*+1. The molecule has 7 heteroatoms. The fraction of sp³-hybridized carbons (Fsp3) is 0. The summed E-state index contributed by atoms with van der Waals surface area (Å²) in [5, 5.41) is 0. The van der Waals surface area contributed by atoms with Gasteiger partial charge in [0.05, 0.1) is 0 Å². The first kappa shape index (κ1) is 50.5. The van der Waals surface area contributed by atoms with E-state index in [1.165, 1.54) is 0 Å². The van der Waals surface area contributed by atoms with Crippen molar-refractivity contribution < 1.29 is 360 Å². The van der Waals surface area contributed by atoms with E-state index in [0.717, 1.165) is 0 Å². The quantitative estimate of drug-likeness (QED) is 0.307. The van der Waals surface area contributed by atoms with Crippen molar-refractivity contribution in [1.82, 2.24) is 0 Å². The minimum absolute atomic E-state index is 0. The molecule has 0 bridgehead atoms. The molecule has 0 aromatic carbocycles. The van der Waals surface area contributed by atoms with Crippen LogP contribution in [-0.2, 0) is 0 Å². The molecule has 0 fully saturated rings. The van der Waals surface area contributed by atoms with E-state index >= 15 is 0 Å². The minimum Gasteiger partial charge on any atom is -0.358 e. The molecule has 8 valence electrons. The van der Waals surface area contributed by atoms with Crippen LogP contribution in [0, 0.1) is 7.43 Å². The molecule has 0 aromatic rings. The van der Waals surface area contributed by atoms with Crippen LogP contribution in [-0.4, -0.2) is 0 Å². The molecule has 0 aromatic heterocycles. The Morgan fingerprint density at radius 1 is 0.250 bits per heavy atom. The van der Waals surface area contributed by atoms with Gasteiger partial charge in [-0.25, -0.2) is 0 Å². The molecule has 0 spiro atoms. The third-order valence-electron chi connectivity index (χ3n) is 0. The molecule has 0 radical (unpaired) electrons. The van der Waals surface area contributed by atoms with Crippen LogP contribution in [0.4, 0.5) is 0 Å². The Labute approximate surface area is 351 Å². The normalized spacial score (nSPS) is 0. The molecular formula is CH3K7+6. The van der Waals surface area contributed by atoms with E-state index in [1.54, 1.807) is 0 Å². The monoisotopic (exact) mass is 288 g/mol. The van der Waals surface area contributed by atoms with Crippen molar-refractivity contribution >= 4 is 0 Å². The summed E-state index contributed by atoms with van der Waals surface area (Å²) in [6.07, 6.45) is 0. The molecule has 0 amide bonds. The Kier molecular flexibility index (Phi) is 270. The Morgan fingerprint density at radius 3 is 0.250 bits per heavy atom. The van der Waals surface area contributed by atoms with Gasteiger partial charge in [0.2, 0.25) is 0 Å². The predicted octanol–water partition coefficient (Wildman–Crippen LogP) is -20.5. The van der Waals surface area contributed by atoms with Gasteiger partial charge in [0, 0.05) is 0 Å². The second-order valence-corrected chi connectivity index (χ2v) is 0. The van der Waals surface area contributed by atoms with E-state index in [9.17, 15) is 0 Å². The summed E-state index contributed by atoms with van der Waals surface area (Å²) in [5.41, 5.74) is 0. The van der Waals surface area contributed by atoms with Crippen LogP contribution in [0.3, 0.4) is 0 Å². The van der Waals surface area contributed by atoms with Gasteiger partial charge in [-0.1, -0.05) is 0 Å². The van der Waals surface area contributed by atoms with Gasteiger partial charge < -0.3 is 7.43 Å². The zero-order valence-electron chi connectivity index (χ0n) is 8.00. The second-order valence-electron chi connectivity index (χ2n) is 0. The summed E-state index contributed by atoms with van der Waals surface area (Å²) in [4.78, 5) is 0. The van der Waals surface area contributed by atoms with Crippen molar-refractivity contribution in [3.8, 4) is 0 Å². The molecule has 0 saturated heterocycles. The smallest absolute Gasteiger partial charge is 0.358 e. The van der Waals surface area contributed by atoms with Crippen molar-refractivity contribution in [2.75, 3.05) is 0 Å². The zero-order valence-corrected chi connectivity index (χ0v) is 29.9. The fourth-order valence-electron chi connectivity index (χ4n) is 0. The Bertz CT molecular complexity index is 4.35. The van der Waals surface area contributed by atoms with E-state index in [-0.39, 0.29) is 367 Å². The van der Waals surface area contributed by atoms with Crippen LogP contribution < -0.4 is 360 Å². The van der Waals surface area contributed by atoms with Crippen molar-refractivity contribution in [2.45, 2.75) is 0 Å². The number of hydrogen-bond donors (Lipinski definition) is 0. The second kappa shape index (κ2) is 42.9. The average molecular weight is 289 g/mol. The van der Waals surface area contributed by atoms with Crippen molar-refractivity contribution in [1.29, 1.82) is 0 Å². The van der Waals surface area contributed by atoms with Gasteiger partial charge in [0.25, 0.3) is 0 Å². The molecule has 0 N–H and O–H groups in total. The van der Waals surface area contributed by atoms with Gasteiger partial charge >= 0.3 is 360 Å². The van der Waals surface area contributed by atoms with Gasteiger partial charge in [-0.2, -0.15) is 0 Å². The minimum atomic E-state index is 0. The molecule has 0 unspecified atom stereocenters. The number of rotatable bonds is 0. The molecule has 8 heavy (non-hydrogen) atoms. The topological polar surface area (TPSA) is 0 Å². The van der Waals surface area contributed by atoms with Gasteiger partial charge in [0.15, 0.2) is 0 Å². The summed E-state index contributed by atoms with van der Waals surface area (Å²) in [6, 6.07) is 0. The molecule has 0 aliphatic carbocycles. The Morgan fingerprint density at radius 2 is 0.250 bits per heavy atom. The molecular weight excluding hydrogens is 286 g/mol. The maximum absolute atomic E-state index is 0. The maximum Gasteiger partial charge on any atom is 1.00 e. The molecule has 0 aliphatic rings. The van der Waals surface area contributed by atoms with E-state index in [0.29, 0.717) is 0 Å².